The number of benzene rings is 1. The average Bonchev–Trinajstić information content (AvgIpc) is 2.38. The van der Waals surface area contributed by atoms with Gasteiger partial charge in [-0.3, -0.25) is 4.79 Å². The Morgan fingerprint density at radius 2 is 2.05 bits per heavy atom. The Morgan fingerprint density at radius 1 is 1.38 bits per heavy atom. The maximum Gasteiger partial charge on any atom is 0.309 e. The van der Waals surface area contributed by atoms with E-state index in [1.54, 1.807) is 0 Å². The van der Waals surface area contributed by atoms with E-state index in [9.17, 15) is 4.79 Å². The van der Waals surface area contributed by atoms with Crippen molar-refractivity contribution in [2.24, 2.45) is 0 Å². The summed E-state index contributed by atoms with van der Waals surface area (Å²) in [6.45, 7) is 6.19. The summed E-state index contributed by atoms with van der Waals surface area (Å²) in [6.07, 6.45) is 3.17. The zero-order valence-electron chi connectivity index (χ0n) is 13.2. The van der Waals surface area contributed by atoms with E-state index in [0.717, 1.165) is 41.2 Å². The zero-order chi connectivity index (χ0) is 15.6. The van der Waals surface area contributed by atoms with Gasteiger partial charge in [0, 0.05) is 5.02 Å². The first-order valence-electron chi connectivity index (χ1n) is 7.43. The molecule has 0 bridgehead atoms. The van der Waals surface area contributed by atoms with Gasteiger partial charge in [0.05, 0.1) is 13.5 Å². The number of carbonyl (C=O) groups is 1. The zero-order valence-corrected chi connectivity index (χ0v) is 13.9. The first-order chi connectivity index (χ1) is 9.87. The molecule has 1 aliphatic carbocycles. The summed E-state index contributed by atoms with van der Waals surface area (Å²) >= 11 is 6.29. The Kier molecular flexibility index (Phi) is 4.82. The molecule has 0 heterocycles. The van der Waals surface area contributed by atoms with Crippen molar-refractivity contribution < 1.29 is 14.3 Å². The van der Waals surface area contributed by atoms with Crippen LogP contribution in [0.3, 0.4) is 0 Å². The average molecular weight is 311 g/mol. The highest BCUT2D eigenvalue weighted by Crippen LogP contribution is 2.42. The van der Waals surface area contributed by atoms with Crippen LogP contribution in [0.4, 0.5) is 0 Å². The number of rotatable bonds is 5. The van der Waals surface area contributed by atoms with E-state index in [4.69, 9.17) is 21.1 Å². The minimum absolute atomic E-state index is 0.217. The third-order valence-corrected chi connectivity index (χ3v) is 4.53. The molecule has 1 aromatic rings. The maximum atomic E-state index is 11.6. The predicted octanol–water partition coefficient (Wildman–Crippen LogP) is 4.64. The second-order valence-electron chi connectivity index (χ2n) is 6.19. The van der Waals surface area contributed by atoms with Crippen molar-refractivity contribution >= 4 is 17.6 Å². The third kappa shape index (κ3) is 3.52. The van der Waals surface area contributed by atoms with Crippen LogP contribution in [0.15, 0.2) is 12.1 Å². The number of halogens is 1. The Bertz CT molecular complexity index is 533. The van der Waals surface area contributed by atoms with Gasteiger partial charge in [0.2, 0.25) is 0 Å². The van der Waals surface area contributed by atoms with E-state index in [2.05, 4.69) is 13.8 Å². The summed E-state index contributed by atoms with van der Waals surface area (Å²) in [6, 6.07) is 3.95. The molecule has 0 radical (unpaired) electrons. The molecule has 0 amide bonds. The number of esters is 1. The Hall–Kier alpha value is -1.22. The Morgan fingerprint density at radius 3 is 2.52 bits per heavy atom. The van der Waals surface area contributed by atoms with Crippen molar-refractivity contribution in [3.63, 3.8) is 0 Å². The van der Waals surface area contributed by atoms with Crippen LogP contribution in [-0.2, 0) is 9.53 Å². The standard InChI is InChI=1S/C17H23ClO3/c1-11(2)13-9-15(12(3)8-14(13)18)21-17(6-5-7-17)10-16(19)20-4/h8-9,11H,5-7,10H2,1-4H3. The molecule has 3 nitrogen and oxygen atoms in total. The van der Waals surface area contributed by atoms with Crippen molar-refractivity contribution in [3.8, 4) is 5.75 Å². The SMILES string of the molecule is COC(=O)CC1(Oc2cc(C(C)C)c(Cl)cc2C)CCC1. The number of hydrogen-bond donors (Lipinski definition) is 0. The summed E-state index contributed by atoms with van der Waals surface area (Å²) in [4.78, 5) is 11.6. The Balaban J connectivity index is 2.25. The predicted molar refractivity (Wildman–Crippen MR) is 84.1 cm³/mol. The molecular weight excluding hydrogens is 288 g/mol. The second-order valence-corrected chi connectivity index (χ2v) is 6.59. The second kappa shape index (κ2) is 6.27. The molecule has 1 aromatic carbocycles. The van der Waals surface area contributed by atoms with Crippen LogP contribution in [-0.4, -0.2) is 18.7 Å². The number of ether oxygens (including phenoxy) is 2. The molecule has 1 fully saturated rings. The van der Waals surface area contributed by atoms with E-state index in [1.165, 1.54) is 7.11 Å². The first-order valence-corrected chi connectivity index (χ1v) is 7.80. The van der Waals surface area contributed by atoms with Gasteiger partial charge < -0.3 is 9.47 Å². The fraction of sp³-hybridized carbons (Fsp3) is 0.588. The van der Waals surface area contributed by atoms with Crippen LogP contribution in [0.5, 0.6) is 5.75 Å². The minimum atomic E-state index is -0.403. The molecule has 116 valence electrons. The van der Waals surface area contributed by atoms with Crippen molar-refractivity contribution in [2.45, 2.75) is 58.0 Å². The van der Waals surface area contributed by atoms with E-state index < -0.39 is 5.60 Å². The molecule has 0 aromatic heterocycles. The molecular formula is C17H23ClO3. The molecule has 0 saturated heterocycles. The minimum Gasteiger partial charge on any atom is -0.486 e. The summed E-state index contributed by atoms with van der Waals surface area (Å²) < 4.78 is 11.0. The quantitative estimate of drug-likeness (QED) is 0.743. The molecule has 1 saturated carbocycles. The van der Waals surface area contributed by atoms with Gasteiger partial charge in [-0.25, -0.2) is 0 Å². The lowest BCUT2D eigenvalue weighted by molar-refractivity contribution is -0.148. The van der Waals surface area contributed by atoms with Crippen molar-refractivity contribution in [1.82, 2.24) is 0 Å². The van der Waals surface area contributed by atoms with Crippen LogP contribution >= 0.6 is 11.6 Å². The topological polar surface area (TPSA) is 35.5 Å². The molecule has 0 N–H and O–H groups in total. The van der Waals surface area contributed by atoms with E-state index in [-0.39, 0.29) is 5.97 Å². The highest BCUT2D eigenvalue weighted by atomic mass is 35.5. The van der Waals surface area contributed by atoms with Crippen LogP contribution in [0, 0.1) is 6.92 Å². The van der Waals surface area contributed by atoms with Gasteiger partial charge in [-0.2, -0.15) is 0 Å². The maximum absolute atomic E-state index is 11.6. The van der Waals surface area contributed by atoms with E-state index in [0.29, 0.717) is 12.3 Å². The largest absolute Gasteiger partial charge is 0.486 e. The highest BCUT2D eigenvalue weighted by molar-refractivity contribution is 6.31. The van der Waals surface area contributed by atoms with Gasteiger partial charge in [0.15, 0.2) is 0 Å². The fourth-order valence-electron chi connectivity index (χ4n) is 2.68. The van der Waals surface area contributed by atoms with Gasteiger partial charge >= 0.3 is 5.97 Å². The molecule has 4 heteroatoms. The monoisotopic (exact) mass is 310 g/mol. The summed E-state index contributed by atoms with van der Waals surface area (Å²) in [5, 5.41) is 0.769. The number of aryl methyl sites for hydroxylation is 1. The lowest BCUT2D eigenvalue weighted by Gasteiger charge is -2.41. The van der Waals surface area contributed by atoms with Crippen molar-refractivity contribution in [1.29, 1.82) is 0 Å². The smallest absolute Gasteiger partial charge is 0.309 e. The van der Waals surface area contributed by atoms with Gasteiger partial charge in [-0.1, -0.05) is 25.4 Å². The van der Waals surface area contributed by atoms with Crippen LogP contribution in [0.1, 0.15) is 56.6 Å². The molecule has 0 unspecified atom stereocenters. The van der Waals surface area contributed by atoms with Crippen LogP contribution < -0.4 is 4.74 Å². The molecule has 1 aliphatic rings. The lowest BCUT2D eigenvalue weighted by atomic mass is 9.77. The van der Waals surface area contributed by atoms with E-state index >= 15 is 0 Å². The van der Waals surface area contributed by atoms with Crippen molar-refractivity contribution in [2.75, 3.05) is 7.11 Å². The molecule has 0 atom stereocenters. The number of carbonyl (C=O) groups excluding carboxylic acids is 1. The molecule has 2 rings (SSSR count). The molecule has 0 aliphatic heterocycles. The van der Waals surface area contributed by atoms with Gasteiger partial charge in [-0.05, 0) is 55.4 Å². The summed E-state index contributed by atoms with van der Waals surface area (Å²) in [5.41, 5.74) is 1.67. The number of methoxy groups -OCH3 is 1. The van der Waals surface area contributed by atoms with Crippen molar-refractivity contribution in [3.05, 3.63) is 28.3 Å². The Labute approximate surface area is 131 Å². The highest BCUT2D eigenvalue weighted by Gasteiger charge is 2.42. The normalized spacial score (nSPS) is 16.5. The third-order valence-electron chi connectivity index (χ3n) is 4.20. The molecule has 21 heavy (non-hydrogen) atoms. The first kappa shape index (κ1) is 16.2. The van der Waals surface area contributed by atoms with Gasteiger partial charge in [-0.15, -0.1) is 0 Å². The molecule has 0 spiro atoms. The number of hydrogen-bond acceptors (Lipinski definition) is 3. The van der Waals surface area contributed by atoms with Crippen LogP contribution in [0.2, 0.25) is 5.02 Å². The fourth-order valence-corrected chi connectivity index (χ4v) is 3.11. The van der Waals surface area contributed by atoms with Gasteiger partial charge in [0.1, 0.15) is 11.4 Å². The van der Waals surface area contributed by atoms with Gasteiger partial charge in [0.25, 0.3) is 0 Å². The van der Waals surface area contributed by atoms with E-state index in [1.807, 2.05) is 19.1 Å². The summed E-state index contributed by atoms with van der Waals surface area (Å²) in [7, 11) is 1.42. The lowest BCUT2D eigenvalue weighted by Crippen LogP contribution is -2.45. The summed E-state index contributed by atoms with van der Waals surface area (Å²) in [5.74, 6) is 0.940. The van der Waals surface area contributed by atoms with Crippen LogP contribution in [0.25, 0.3) is 0 Å².